The molecule has 2 aromatic carbocycles. The number of carbonyl (C=O) groups excluding carboxylic acids is 1. The Morgan fingerprint density at radius 2 is 1.87 bits per heavy atom. The van der Waals surface area contributed by atoms with E-state index in [1.54, 1.807) is 4.90 Å². The van der Waals surface area contributed by atoms with Crippen molar-refractivity contribution in [1.29, 1.82) is 5.26 Å². The first-order valence-electron chi connectivity index (χ1n) is 9.96. The number of aromatic nitrogens is 3. The van der Waals surface area contributed by atoms with Gasteiger partial charge in [-0.05, 0) is 38.5 Å². The van der Waals surface area contributed by atoms with Crippen molar-refractivity contribution in [2.45, 2.75) is 44.1 Å². The molecule has 0 saturated carbocycles. The minimum atomic E-state index is -0.372. The lowest BCUT2D eigenvalue weighted by atomic mass is 10.1. The Morgan fingerprint density at radius 1 is 1.17 bits per heavy atom. The summed E-state index contributed by atoms with van der Waals surface area (Å²) < 4.78 is 2.04. The molecule has 0 unspecified atom stereocenters. The van der Waals surface area contributed by atoms with Crippen molar-refractivity contribution in [3.05, 3.63) is 60.2 Å². The van der Waals surface area contributed by atoms with Crippen LogP contribution in [0.1, 0.15) is 25.8 Å². The van der Waals surface area contributed by atoms with Gasteiger partial charge >= 0.3 is 0 Å². The highest BCUT2D eigenvalue weighted by Crippen LogP contribution is 2.29. The molecule has 0 radical (unpaired) electrons. The SMILES string of the molecule is CCn1c(S[C@H](C)C(=O)N(CCC#N)c2ccccc2)nnc1-c1ccccc1C. The fraction of sp³-hybridized carbons (Fsp3) is 0.304. The Labute approximate surface area is 181 Å². The molecule has 154 valence electrons. The van der Waals surface area contributed by atoms with E-state index in [-0.39, 0.29) is 17.6 Å². The van der Waals surface area contributed by atoms with Gasteiger partial charge in [0.05, 0.1) is 17.7 Å². The average Bonchev–Trinajstić information content (AvgIpc) is 3.17. The zero-order valence-electron chi connectivity index (χ0n) is 17.4. The van der Waals surface area contributed by atoms with Gasteiger partial charge in [0.15, 0.2) is 11.0 Å². The van der Waals surface area contributed by atoms with Crippen molar-refractivity contribution < 1.29 is 4.79 Å². The van der Waals surface area contributed by atoms with Crippen LogP contribution in [0.3, 0.4) is 0 Å². The van der Waals surface area contributed by atoms with Crippen LogP contribution < -0.4 is 4.90 Å². The van der Waals surface area contributed by atoms with Crippen molar-refractivity contribution >= 4 is 23.4 Å². The van der Waals surface area contributed by atoms with E-state index in [2.05, 4.69) is 29.3 Å². The topological polar surface area (TPSA) is 74.8 Å². The molecule has 1 aromatic heterocycles. The van der Waals surface area contributed by atoms with Crippen LogP contribution >= 0.6 is 11.8 Å². The highest BCUT2D eigenvalue weighted by Gasteiger charge is 2.25. The van der Waals surface area contributed by atoms with Gasteiger partial charge in [-0.3, -0.25) is 4.79 Å². The summed E-state index contributed by atoms with van der Waals surface area (Å²) in [4.78, 5) is 14.9. The van der Waals surface area contributed by atoms with E-state index >= 15 is 0 Å². The number of nitriles is 1. The van der Waals surface area contributed by atoms with Crippen LogP contribution in [-0.2, 0) is 11.3 Å². The summed E-state index contributed by atoms with van der Waals surface area (Å²) in [6.07, 6.45) is 0.278. The number of benzene rings is 2. The molecule has 0 N–H and O–H groups in total. The Bertz CT molecular complexity index is 1040. The third kappa shape index (κ3) is 4.71. The fourth-order valence-corrected chi connectivity index (χ4v) is 4.22. The Balaban J connectivity index is 1.84. The molecular weight excluding hydrogens is 394 g/mol. The maximum Gasteiger partial charge on any atom is 0.240 e. The first kappa shape index (κ1) is 21.6. The van der Waals surface area contributed by atoms with Crippen LogP contribution in [0.25, 0.3) is 11.4 Å². The molecule has 6 nitrogen and oxygen atoms in total. The van der Waals surface area contributed by atoms with Crippen LogP contribution in [-0.4, -0.2) is 32.5 Å². The largest absolute Gasteiger partial charge is 0.310 e. The Morgan fingerprint density at radius 3 is 2.53 bits per heavy atom. The van der Waals surface area contributed by atoms with Crippen molar-refractivity contribution in [3.8, 4) is 17.5 Å². The first-order valence-corrected chi connectivity index (χ1v) is 10.8. The maximum atomic E-state index is 13.2. The van der Waals surface area contributed by atoms with E-state index < -0.39 is 0 Å². The van der Waals surface area contributed by atoms with Crippen LogP contribution in [0.5, 0.6) is 0 Å². The number of anilines is 1. The molecular formula is C23H25N5OS. The highest BCUT2D eigenvalue weighted by atomic mass is 32.2. The maximum absolute atomic E-state index is 13.2. The third-order valence-corrected chi connectivity index (χ3v) is 5.90. The molecule has 0 aliphatic heterocycles. The summed E-state index contributed by atoms with van der Waals surface area (Å²) in [6, 6.07) is 19.7. The quantitative estimate of drug-likeness (QED) is 0.495. The van der Waals surface area contributed by atoms with Gasteiger partial charge < -0.3 is 9.47 Å². The molecule has 7 heteroatoms. The second-order valence-corrected chi connectivity index (χ2v) is 8.17. The molecule has 1 heterocycles. The number of carbonyl (C=O) groups is 1. The summed E-state index contributed by atoms with van der Waals surface area (Å²) in [5, 5.41) is 18.1. The second-order valence-electron chi connectivity index (χ2n) is 6.86. The van der Waals surface area contributed by atoms with Gasteiger partial charge in [-0.15, -0.1) is 10.2 Å². The zero-order valence-corrected chi connectivity index (χ0v) is 18.3. The molecule has 3 aromatic rings. The predicted octanol–water partition coefficient (Wildman–Crippen LogP) is 4.70. The van der Waals surface area contributed by atoms with Crippen molar-refractivity contribution in [1.82, 2.24) is 14.8 Å². The average molecular weight is 420 g/mol. The minimum absolute atomic E-state index is 0.0513. The van der Waals surface area contributed by atoms with Gasteiger partial charge in [-0.1, -0.05) is 54.2 Å². The summed E-state index contributed by atoms with van der Waals surface area (Å²) in [5.41, 5.74) is 2.97. The monoisotopic (exact) mass is 419 g/mol. The molecule has 0 saturated heterocycles. The van der Waals surface area contributed by atoms with E-state index in [1.165, 1.54) is 11.8 Å². The van der Waals surface area contributed by atoms with E-state index in [9.17, 15) is 4.79 Å². The number of rotatable bonds is 8. The number of thioether (sulfide) groups is 1. The number of hydrogen-bond donors (Lipinski definition) is 0. The fourth-order valence-electron chi connectivity index (χ4n) is 3.25. The van der Waals surface area contributed by atoms with Gasteiger partial charge in [-0.25, -0.2) is 0 Å². The molecule has 0 aliphatic carbocycles. The van der Waals surface area contributed by atoms with E-state index in [4.69, 9.17) is 5.26 Å². The summed E-state index contributed by atoms with van der Waals surface area (Å²) in [5.74, 6) is 0.756. The van der Waals surface area contributed by atoms with E-state index in [0.717, 1.165) is 22.6 Å². The number of amides is 1. The molecule has 30 heavy (non-hydrogen) atoms. The van der Waals surface area contributed by atoms with Gasteiger partial charge in [0.25, 0.3) is 0 Å². The van der Waals surface area contributed by atoms with Crippen molar-refractivity contribution in [3.63, 3.8) is 0 Å². The van der Waals surface area contributed by atoms with Gasteiger partial charge in [-0.2, -0.15) is 5.26 Å². The smallest absolute Gasteiger partial charge is 0.240 e. The lowest BCUT2D eigenvalue weighted by Gasteiger charge is -2.24. The normalized spacial score (nSPS) is 11.7. The molecule has 1 atom stereocenters. The highest BCUT2D eigenvalue weighted by molar-refractivity contribution is 8.00. The molecule has 0 spiro atoms. The van der Waals surface area contributed by atoms with Crippen molar-refractivity contribution in [2.75, 3.05) is 11.4 Å². The van der Waals surface area contributed by atoms with Gasteiger partial charge in [0.2, 0.25) is 5.91 Å². The van der Waals surface area contributed by atoms with Crippen molar-refractivity contribution in [2.24, 2.45) is 0 Å². The molecule has 3 rings (SSSR count). The standard InChI is InChI=1S/C23H25N5OS/c1-4-27-21(20-14-9-8-11-17(20)2)25-26-23(27)30-18(3)22(29)28(16-10-15-24)19-12-6-5-7-13-19/h5-9,11-14,18H,4,10,16H2,1-3H3/t18-/m1/s1. The van der Waals surface area contributed by atoms with Crippen LogP contribution in [0.2, 0.25) is 0 Å². The van der Waals surface area contributed by atoms with Gasteiger partial charge in [0.1, 0.15) is 0 Å². The van der Waals surface area contributed by atoms with Crippen LogP contribution in [0.15, 0.2) is 59.8 Å². The number of para-hydroxylation sites is 1. The van der Waals surface area contributed by atoms with Crippen LogP contribution in [0, 0.1) is 18.3 Å². The number of aryl methyl sites for hydroxylation is 1. The third-order valence-electron chi connectivity index (χ3n) is 4.83. The number of hydrogen-bond acceptors (Lipinski definition) is 5. The summed E-state index contributed by atoms with van der Waals surface area (Å²) in [6.45, 7) is 7.04. The van der Waals surface area contributed by atoms with E-state index in [0.29, 0.717) is 18.2 Å². The summed E-state index contributed by atoms with van der Waals surface area (Å²) >= 11 is 1.40. The second kappa shape index (κ2) is 10.1. The van der Waals surface area contributed by atoms with Gasteiger partial charge in [0, 0.05) is 24.3 Å². The molecule has 0 fully saturated rings. The van der Waals surface area contributed by atoms with Crippen LogP contribution in [0.4, 0.5) is 5.69 Å². The molecule has 0 aliphatic rings. The van der Waals surface area contributed by atoms with E-state index in [1.807, 2.05) is 66.9 Å². The minimum Gasteiger partial charge on any atom is -0.310 e. The molecule has 0 bridgehead atoms. The lowest BCUT2D eigenvalue weighted by Crippen LogP contribution is -2.37. The Hall–Kier alpha value is -3.11. The first-order chi connectivity index (χ1) is 14.6. The predicted molar refractivity (Wildman–Crippen MR) is 120 cm³/mol. The zero-order chi connectivity index (χ0) is 21.5. The lowest BCUT2D eigenvalue weighted by molar-refractivity contribution is -0.117. The molecule has 1 amide bonds. The summed E-state index contributed by atoms with van der Waals surface area (Å²) in [7, 11) is 0. The Kier molecular flexibility index (Phi) is 7.26. The number of nitrogens with zero attached hydrogens (tertiary/aromatic N) is 5.